The van der Waals surface area contributed by atoms with Gasteiger partial charge in [-0.05, 0) is 62.8 Å². The Morgan fingerprint density at radius 2 is 2.00 bits per heavy atom. The van der Waals surface area contributed by atoms with E-state index in [1.165, 1.54) is 34.5 Å². The van der Waals surface area contributed by atoms with Gasteiger partial charge in [0.25, 0.3) is 5.91 Å². The van der Waals surface area contributed by atoms with Gasteiger partial charge in [-0.3, -0.25) is 9.78 Å². The summed E-state index contributed by atoms with van der Waals surface area (Å²) >= 11 is 0. The predicted molar refractivity (Wildman–Crippen MR) is 133 cm³/mol. The highest BCUT2D eigenvalue weighted by Crippen LogP contribution is 2.48. The van der Waals surface area contributed by atoms with Crippen molar-refractivity contribution in [3.05, 3.63) is 82.5 Å². The van der Waals surface area contributed by atoms with E-state index in [1.54, 1.807) is 24.5 Å². The van der Waals surface area contributed by atoms with Gasteiger partial charge in [0.05, 0.1) is 29.5 Å². The number of amides is 1. The molecule has 0 saturated carbocycles. The zero-order chi connectivity index (χ0) is 24.5. The third-order valence-electron chi connectivity index (χ3n) is 7.48. The Morgan fingerprint density at radius 3 is 2.71 bits per heavy atom. The van der Waals surface area contributed by atoms with Crippen LogP contribution in [-0.4, -0.2) is 31.7 Å². The Morgan fingerprint density at radius 1 is 1.20 bits per heavy atom. The van der Waals surface area contributed by atoms with Gasteiger partial charge in [-0.15, -0.1) is 0 Å². The Balaban J connectivity index is 1.33. The first-order chi connectivity index (χ1) is 16.9. The molecule has 5 rings (SSSR count). The van der Waals surface area contributed by atoms with Crippen LogP contribution in [0.1, 0.15) is 79.3 Å². The zero-order valence-corrected chi connectivity index (χ0v) is 20.6. The van der Waals surface area contributed by atoms with Gasteiger partial charge < -0.3 is 5.32 Å². The molecule has 0 fully saturated rings. The Hall–Kier alpha value is -3.35. The fraction of sp³-hybridized carbons (Fsp3) is 0.429. The van der Waals surface area contributed by atoms with Gasteiger partial charge in [0.2, 0.25) is 0 Å². The summed E-state index contributed by atoms with van der Waals surface area (Å²) in [4.78, 5) is 21.3. The van der Waals surface area contributed by atoms with Crippen molar-refractivity contribution in [2.24, 2.45) is 5.92 Å². The molecule has 3 aromatic rings. The van der Waals surface area contributed by atoms with Crippen LogP contribution in [0.2, 0.25) is 0 Å². The van der Waals surface area contributed by atoms with E-state index < -0.39 is 0 Å². The molecular formula is C28H32FN5O. The van der Waals surface area contributed by atoms with E-state index >= 15 is 0 Å². The second kappa shape index (κ2) is 9.72. The minimum Gasteiger partial charge on any atom is -0.348 e. The molecule has 1 aromatic carbocycles. The predicted octanol–water partition coefficient (Wildman–Crippen LogP) is 5.46. The molecule has 3 atom stereocenters. The summed E-state index contributed by atoms with van der Waals surface area (Å²) in [6.07, 6.45) is 11.1. The number of allylic oxidation sites excluding steroid dienone is 2. The second-order valence-electron chi connectivity index (χ2n) is 9.87. The maximum absolute atomic E-state index is 13.4. The number of carbonyl (C=O) groups is 1. The molecule has 0 bridgehead atoms. The van der Waals surface area contributed by atoms with Crippen molar-refractivity contribution in [3.8, 4) is 5.69 Å². The molecule has 1 unspecified atom stereocenters. The quantitative estimate of drug-likeness (QED) is 0.462. The number of nitrogens with zero attached hydrogens (tertiary/aromatic N) is 4. The maximum Gasteiger partial charge on any atom is 0.271 e. The van der Waals surface area contributed by atoms with Gasteiger partial charge in [-0.2, -0.15) is 5.10 Å². The minimum atomic E-state index is -0.241. The summed E-state index contributed by atoms with van der Waals surface area (Å²) in [5.41, 5.74) is 7.55. The lowest BCUT2D eigenvalue weighted by molar-refractivity contribution is 0.0924. The zero-order valence-electron chi connectivity index (χ0n) is 20.6. The third kappa shape index (κ3) is 4.64. The molecule has 1 amide bonds. The van der Waals surface area contributed by atoms with E-state index in [-0.39, 0.29) is 23.7 Å². The fourth-order valence-corrected chi connectivity index (χ4v) is 5.84. The molecule has 2 aromatic heterocycles. The lowest BCUT2D eigenvalue weighted by atomic mass is 9.78. The van der Waals surface area contributed by atoms with Gasteiger partial charge >= 0.3 is 0 Å². The van der Waals surface area contributed by atoms with Gasteiger partial charge in [-0.25, -0.2) is 14.1 Å². The molecule has 35 heavy (non-hydrogen) atoms. The standard InChI is InChI=1S/C28H32FN5O/c1-4-5-22(33-28(35)25-16-30-17(2)14-31-25)12-19-6-7-20-13-26-24(18(3)27(19)20)15-32-34(26)23-10-8-21(29)9-11-23/h8-11,14-16,18-19,22H,4-7,12-13H2,1-3H3,(H,33,35)/t18-,19+,22?/m0/s1. The van der Waals surface area contributed by atoms with Crippen molar-refractivity contribution >= 4 is 5.91 Å². The van der Waals surface area contributed by atoms with E-state index in [0.29, 0.717) is 11.6 Å². The molecule has 2 aliphatic carbocycles. The largest absolute Gasteiger partial charge is 0.348 e. The number of aryl methyl sites for hydroxylation is 1. The van der Waals surface area contributed by atoms with Crippen LogP contribution in [0.3, 0.4) is 0 Å². The van der Waals surface area contributed by atoms with Crippen molar-refractivity contribution < 1.29 is 9.18 Å². The minimum absolute atomic E-state index is 0.1000. The lowest BCUT2D eigenvalue weighted by Gasteiger charge is -2.29. The van der Waals surface area contributed by atoms with E-state index in [2.05, 4.69) is 34.2 Å². The fourth-order valence-electron chi connectivity index (χ4n) is 5.84. The number of nitrogens with one attached hydrogen (secondary N) is 1. The topological polar surface area (TPSA) is 72.7 Å². The SMILES string of the molecule is CCCC(C[C@H]1CCC2=C1[C@@H](C)c1cnn(-c3ccc(F)cc3)c1C2)NC(=O)c1cnc(C)cn1. The van der Waals surface area contributed by atoms with Crippen LogP contribution in [0.15, 0.2) is 54.0 Å². The van der Waals surface area contributed by atoms with Crippen molar-refractivity contribution in [3.63, 3.8) is 0 Å². The molecule has 0 saturated heterocycles. The smallest absolute Gasteiger partial charge is 0.271 e. The van der Waals surface area contributed by atoms with Crippen LogP contribution in [0, 0.1) is 18.7 Å². The molecule has 182 valence electrons. The number of rotatable bonds is 7. The van der Waals surface area contributed by atoms with E-state index in [9.17, 15) is 9.18 Å². The summed E-state index contributed by atoms with van der Waals surface area (Å²) in [5.74, 6) is 0.345. The first kappa shape index (κ1) is 23.4. The molecule has 0 aliphatic heterocycles. The Kier molecular flexibility index (Phi) is 6.50. The lowest BCUT2D eigenvalue weighted by Crippen LogP contribution is -2.37. The van der Waals surface area contributed by atoms with E-state index in [1.807, 2.05) is 17.8 Å². The van der Waals surface area contributed by atoms with Crippen molar-refractivity contribution in [2.45, 2.75) is 71.3 Å². The molecule has 2 aliphatic rings. The summed E-state index contributed by atoms with van der Waals surface area (Å²) in [6.45, 7) is 6.29. The van der Waals surface area contributed by atoms with Crippen molar-refractivity contribution in [1.82, 2.24) is 25.1 Å². The highest BCUT2D eigenvalue weighted by atomic mass is 19.1. The third-order valence-corrected chi connectivity index (χ3v) is 7.48. The summed E-state index contributed by atoms with van der Waals surface area (Å²) < 4.78 is 15.4. The Bertz CT molecular complexity index is 1250. The number of carbonyl (C=O) groups excluding carboxylic acids is 1. The molecule has 2 heterocycles. The molecule has 0 radical (unpaired) electrons. The van der Waals surface area contributed by atoms with E-state index in [4.69, 9.17) is 0 Å². The second-order valence-corrected chi connectivity index (χ2v) is 9.87. The molecule has 1 N–H and O–H groups in total. The van der Waals surface area contributed by atoms with Crippen LogP contribution >= 0.6 is 0 Å². The Labute approximate surface area is 205 Å². The average molecular weight is 474 g/mol. The highest BCUT2D eigenvalue weighted by molar-refractivity contribution is 5.92. The highest BCUT2D eigenvalue weighted by Gasteiger charge is 2.37. The summed E-state index contributed by atoms with van der Waals surface area (Å²) in [7, 11) is 0. The number of benzene rings is 1. The molecule has 7 heteroatoms. The first-order valence-electron chi connectivity index (χ1n) is 12.6. The van der Waals surface area contributed by atoms with Gasteiger partial charge in [0.15, 0.2) is 0 Å². The number of halogens is 1. The molecule has 0 spiro atoms. The first-order valence-corrected chi connectivity index (χ1v) is 12.6. The molecular weight excluding hydrogens is 441 g/mol. The summed E-state index contributed by atoms with van der Waals surface area (Å²) in [5, 5.41) is 7.90. The van der Waals surface area contributed by atoms with Crippen molar-refractivity contribution in [1.29, 1.82) is 0 Å². The number of hydrogen-bond acceptors (Lipinski definition) is 4. The van der Waals surface area contributed by atoms with Crippen LogP contribution in [0.25, 0.3) is 5.69 Å². The average Bonchev–Trinajstić information content (AvgIpc) is 3.45. The normalized spacial score (nSPS) is 19.9. The monoisotopic (exact) mass is 473 g/mol. The van der Waals surface area contributed by atoms with Crippen molar-refractivity contribution in [2.75, 3.05) is 0 Å². The number of aromatic nitrogens is 4. The molecule has 6 nitrogen and oxygen atoms in total. The number of hydrogen-bond donors (Lipinski definition) is 1. The van der Waals surface area contributed by atoms with Gasteiger partial charge in [0, 0.05) is 30.1 Å². The van der Waals surface area contributed by atoms with Crippen LogP contribution in [0.5, 0.6) is 0 Å². The van der Waals surface area contributed by atoms with Crippen LogP contribution in [-0.2, 0) is 6.42 Å². The maximum atomic E-state index is 13.4. The van der Waals surface area contributed by atoms with Crippen LogP contribution < -0.4 is 5.32 Å². The van der Waals surface area contributed by atoms with Crippen LogP contribution in [0.4, 0.5) is 4.39 Å². The van der Waals surface area contributed by atoms with Gasteiger partial charge in [-0.1, -0.05) is 31.4 Å². The summed E-state index contributed by atoms with van der Waals surface area (Å²) in [6, 6.07) is 6.63. The van der Waals surface area contributed by atoms with E-state index in [0.717, 1.165) is 49.9 Å². The number of fused-ring (bicyclic) bond motifs is 1. The van der Waals surface area contributed by atoms with Gasteiger partial charge in [0.1, 0.15) is 11.5 Å².